The highest BCUT2D eigenvalue weighted by Crippen LogP contribution is 1.96. The molecule has 0 aromatic carbocycles. The van der Waals surface area contributed by atoms with Gasteiger partial charge in [-0.05, 0) is 0 Å². The Bertz CT molecular complexity index is 381. The largest absolute Gasteiger partial charge is 0.508 e. The van der Waals surface area contributed by atoms with E-state index < -0.39 is 6.16 Å². The van der Waals surface area contributed by atoms with Crippen molar-refractivity contribution in [2.24, 2.45) is 0 Å². The van der Waals surface area contributed by atoms with Crippen LogP contribution in [0.15, 0.2) is 0 Å². The number of ether oxygens (including phenoxy) is 2. The Morgan fingerprint density at radius 2 is 1.36 bits per heavy atom. The number of nitrogens with one attached hydrogen (secondary N) is 2. The van der Waals surface area contributed by atoms with Crippen LogP contribution >= 0.6 is 0 Å². The number of carbonyl (C=O) groups is 3. The summed E-state index contributed by atoms with van der Waals surface area (Å²) in [7, 11) is 0. The second-order valence-corrected chi connectivity index (χ2v) is 5.20. The number of nitrogens with zero attached hydrogens (tertiary/aromatic N) is 2. The first-order valence-corrected chi connectivity index (χ1v) is 7.41. The first-order chi connectivity index (χ1) is 10.6. The van der Waals surface area contributed by atoms with E-state index in [1.165, 1.54) is 0 Å². The Hall–Kier alpha value is -1.87. The third-order valence-electron chi connectivity index (χ3n) is 3.49. The van der Waals surface area contributed by atoms with Crippen LogP contribution in [0.1, 0.15) is 0 Å². The average Bonchev–Trinajstić information content (AvgIpc) is 2.47. The number of rotatable bonds is 6. The molecule has 9 nitrogen and oxygen atoms in total. The molecule has 0 spiro atoms. The quantitative estimate of drug-likeness (QED) is 0.547. The predicted octanol–water partition coefficient (Wildman–Crippen LogP) is -2.00. The third kappa shape index (κ3) is 5.86. The Balaban J connectivity index is 1.50. The molecule has 124 valence electrons. The van der Waals surface area contributed by atoms with Crippen LogP contribution in [0.25, 0.3) is 0 Å². The number of hydrogen-bond donors (Lipinski definition) is 2. The molecule has 2 amide bonds. The molecular weight excluding hydrogens is 292 g/mol. The van der Waals surface area contributed by atoms with E-state index in [-0.39, 0.29) is 25.0 Å². The van der Waals surface area contributed by atoms with Gasteiger partial charge in [0.15, 0.2) is 0 Å². The molecule has 2 aliphatic heterocycles. The van der Waals surface area contributed by atoms with Crippen LogP contribution in [0.4, 0.5) is 4.79 Å². The Morgan fingerprint density at radius 1 is 0.909 bits per heavy atom. The van der Waals surface area contributed by atoms with Crippen molar-refractivity contribution in [2.45, 2.75) is 0 Å². The first-order valence-electron chi connectivity index (χ1n) is 7.41. The van der Waals surface area contributed by atoms with Gasteiger partial charge in [0.1, 0.15) is 13.2 Å². The zero-order valence-electron chi connectivity index (χ0n) is 12.5. The molecule has 2 N–H and O–H groups in total. The lowest BCUT2D eigenvalue weighted by Crippen LogP contribution is -2.48. The highest BCUT2D eigenvalue weighted by atomic mass is 16.7. The summed E-state index contributed by atoms with van der Waals surface area (Å²) in [4.78, 5) is 37.6. The molecule has 0 aromatic heterocycles. The van der Waals surface area contributed by atoms with Crippen molar-refractivity contribution in [3.05, 3.63) is 0 Å². The van der Waals surface area contributed by atoms with Crippen molar-refractivity contribution in [1.82, 2.24) is 20.4 Å². The van der Waals surface area contributed by atoms with Crippen molar-refractivity contribution in [2.75, 3.05) is 65.6 Å². The van der Waals surface area contributed by atoms with Crippen LogP contribution < -0.4 is 10.6 Å². The lowest BCUT2D eigenvalue weighted by atomic mass is 10.3. The van der Waals surface area contributed by atoms with Crippen LogP contribution in [0.5, 0.6) is 0 Å². The van der Waals surface area contributed by atoms with Gasteiger partial charge in [-0.1, -0.05) is 0 Å². The zero-order valence-corrected chi connectivity index (χ0v) is 12.5. The summed E-state index contributed by atoms with van der Waals surface area (Å²) in [6, 6.07) is 0. The summed E-state index contributed by atoms with van der Waals surface area (Å²) in [5.74, 6) is -0.0289. The number of carbonyl (C=O) groups excluding carboxylic acids is 3. The molecule has 2 saturated heterocycles. The SMILES string of the molecule is O=C1CN(CCOC(=O)OCCN2CCNC(=O)C2)CCN1. The average molecular weight is 314 g/mol. The lowest BCUT2D eigenvalue weighted by Gasteiger charge is -2.26. The molecule has 2 rings (SSSR count). The predicted molar refractivity (Wildman–Crippen MR) is 76.2 cm³/mol. The third-order valence-corrected chi connectivity index (χ3v) is 3.49. The van der Waals surface area contributed by atoms with Gasteiger partial charge in [0.2, 0.25) is 11.8 Å². The maximum atomic E-state index is 11.4. The number of hydrogen-bond acceptors (Lipinski definition) is 7. The standard InChI is InChI=1S/C13H22N4O5/c18-11-9-16(3-1-14-11)5-7-21-13(20)22-8-6-17-4-2-15-12(19)10-17/h1-10H2,(H,14,18)(H,15,19). The molecule has 0 aromatic rings. The molecule has 0 atom stereocenters. The minimum atomic E-state index is -0.720. The fourth-order valence-corrected chi connectivity index (χ4v) is 2.32. The molecule has 9 heteroatoms. The van der Waals surface area contributed by atoms with Crippen molar-refractivity contribution in [3.63, 3.8) is 0 Å². The van der Waals surface area contributed by atoms with Gasteiger partial charge in [0.25, 0.3) is 0 Å². The summed E-state index contributed by atoms with van der Waals surface area (Å²) in [5.41, 5.74) is 0. The molecule has 22 heavy (non-hydrogen) atoms. The second-order valence-electron chi connectivity index (χ2n) is 5.20. The van der Waals surface area contributed by atoms with E-state index in [9.17, 15) is 14.4 Å². The van der Waals surface area contributed by atoms with E-state index >= 15 is 0 Å². The molecule has 0 radical (unpaired) electrons. The lowest BCUT2D eigenvalue weighted by molar-refractivity contribution is -0.124. The smallest absolute Gasteiger partial charge is 0.433 e. The molecule has 2 aliphatic rings. The summed E-state index contributed by atoms with van der Waals surface area (Å²) < 4.78 is 9.92. The maximum Gasteiger partial charge on any atom is 0.508 e. The van der Waals surface area contributed by atoms with E-state index in [0.29, 0.717) is 39.3 Å². The molecule has 2 heterocycles. The topological polar surface area (TPSA) is 100 Å². The van der Waals surface area contributed by atoms with Gasteiger partial charge in [-0.3, -0.25) is 19.4 Å². The van der Waals surface area contributed by atoms with Crippen molar-refractivity contribution < 1.29 is 23.9 Å². The normalized spacial score (nSPS) is 20.2. The first kappa shape index (κ1) is 16.5. The van der Waals surface area contributed by atoms with E-state index in [4.69, 9.17) is 9.47 Å². The second kappa shape index (κ2) is 8.54. The maximum absolute atomic E-state index is 11.4. The molecule has 0 bridgehead atoms. The van der Waals surface area contributed by atoms with E-state index in [0.717, 1.165) is 13.1 Å². The highest BCUT2D eigenvalue weighted by Gasteiger charge is 2.17. The summed E-state index contributed by atoms with van der Waals surface area (Å²) >= 11 is 0. The molecule has 0 saturated carbocycles. The van der Waals surface area contributed by atoms with E-state index in [1.807, 2.05) is 9.80 Å². The summed E-state index contributed by atoms with van der Waals surface area (Å²) in [5, 5.41) is 5.45. The van der Waals surface area contributed by atoms with Crippen LogP contribution in [0, 0.1) is 0 Å². The van der Waals surface area contributed by atoms with Gasteiger partial charge in [-0.2, -0.15) is 0 Å². The van der Waals surface area contributed by atoms with E-state index in [2.05, 4.69) is 10.6 Å². The van der Waals surface area contributed by atoms with Crippen LogP contribution in [-0.4, -0.2) is 93.3 Å². The fraction of sp³-hybridized carbons (Fsp3) is 0.769. The Labute approximate surface area is 128 Å². The van der Waals surface area contributed by atoms with Gasteiger partial charge in [-0.15, -0.1) is 0 Å². The molecule has 2 fully saturated rings. The van der Waals surface area contributed by atoms with Crippen molar-refractivity contribution in [1.29, 1.82) is 0 Å². The number of piperazine rings is 2. The van der Waals surface area contributed by atoms with Crippen LogP contribution in [0.3, 0.4) is 0 Å². The fourth-order valence-electron chi connectivity index (χ4n) is 2.32. The summed E-state index contributed by atoms with van der Waals surface area (Å²) in [6.45, 7) is 4.80. The highest BCUT2D eigenvalue weighted by molar-refractivity contribution is 5.79. The Kier molecular flexibility index (Phi) is 6.41. The molecular formula is C13H22N4O5. The van der Waals surface area contributed by atoms with Crippen molar-refractivity contribution in [3.8, 4) is 0 Å². The van der Waals surface area contributed by atoms with Crippen molar-refractivity contribution >= 4 is 18.0 Å². The molecule has 0 unspecified atom stereocenters. The van der Waals surface area contributed by atoms with Crippen LogP contribution in [-0.2, 0) is 19.1 Å². The van der Waals surface area contributed by atoms with Gasteiger partial charge in [-0.25, -0.2) is 4.79 Å². The minimum Gasteiger partial charge on any atom is -0.433 e. The Morgan fingerprint density at radius 3 is 1.77 bits per heavy atom. The van der Waals surface area contributed by atoms with Gasteiger partial charge >= 0.3 is 6.16 Å². The van der Waals surface area contributed by atoms with Gasteiger partial charge < -0.3 is 20.1 Å². The van der Waals surface area contributed by atoms with Gasteiger partial charge in [0, 0.05) is 39.3 Å². The molecule has 0 aliphatic carbocycles. The van der Waals surface area contributed by atoms with Crippen LogP contribution in [0.2, 0.25) is 0 Å². The van der Waals surface area contributed by atoms with Gasteiger partial charge in [0.05, 0.1) is 13.1 Å². The summed E-state index contributed by atoms with van der Waals surface area (Å²) in [6.07, 6.45) is -0.720. The number of amides is 2. The van der Waals surface area contributed by atoms with E-state index in [1.54, 1.807) is 0 Å². The monoisotopic (exact) mass is 314 g/mol. The minimum absolute atomic E-state index is 0.0144. The zero-order chi connectivity index (χ0) is 15.8.